The average molecular weight is 346 g/mol. The Labute approximate surface area is 149 Å². The highest BCUT2D eigenvalue weighted by Crippen LogP contribution is 2.66. The number of allylic oxidation sites excluding steroid dienone is 1. The molecule has 0 aromatic rings. The number of Topliss-reactive ketones (excluding diaryl/α,β-unsaturated/α-hetero) is 2. The van der Waals surface area contributed by atoms with Crippen molar-refractivity contribution in [3.8, 4) is 0 Å². The maximum absolute atomic E-state index is 13.3. The minimum absolute atomic E-state index is 0.0209. The van der Waals surface area contributed by atoms with E-state index in [1.807, 2.05) is 6.92 Å². The van der Waals surface area contributed by atoms with Crippen molar-refractivity contribution < 1.29 is 19.8 Å². The first-order chi connectivity index (χ1) is 11.6. The van der Waals surface area contributed by atoms with Gasteiger partial charge in [-0.15, -0.1) is 0 Å². The van der Waals surface area contributed by atoms with Crippen molar-refractivity contribution in [2.45, 2.75) is 77.4 Å². The molecule has 2 N–H and O–H groups in total. The van der Waals surface area contributed by atoms with Gasteiger partial charge in [-0.1, -0.05) is 25.5 Å². The molecule has 3 fully saturated rings. The number of carbonyl (C=O) groups is 2. The summed E-state index contributed by atoms with van der Waals surface area (Å²) in [6, 6.07) is 0. The fourth-order valence-corrected chi connectivity index (χ4v) is 7.05. The van der Waals surface area contributed by atoms with Gasteiger partial charge in [-0.05, 0) is 62.7 Å². The van der Waals surface area contributed by atoms with Crippen LogP contribution in [0, 0.1) is 28.6 Å². The molecule has 4 nitrogen and oxygen atoms in total. The largest absolute Gasteiger partial charge is 0.393 e. The Kier molecular flexibility index (Phi) is 3.66. The molecule has 0 aromatic heterocycles. The molecule has 3 saturated carbocycles. The van der Waals surface area contributed by atoms with Crippen LogP contribution in [0.3, 0.4) is 0 Å². The van der Waals surface area contributed by atoms with Gasteiger partial charge in [-0.2, -0.15) is 0 Å². The third-order valence-corrected chi connectivity index (χ3v) is 8.50. The highest BCUT2D eigenvalue weighted by Gasteiger charge is 2.67. The molecule has 138 valence electrons. The van der Waals surface area contributed by atoms with Gasteiger partial charge in [0.25, 0.3) is 0 Å². The van der Waals surface area contributed by atoms with Crippen LogP contribution in [0.25, 0.3) is 0 Å². The van der Waals surface area contributed by atoms with Gasteiger partial charge >= 0.3 is 0 Å². The maximum atomic E-state index is 13.3. The zero-order valence-corrected chi connectivity index (χ0v) is 15.5. The maximum Gasteiger partial charge on any atom is 0.161 e. The molecule has 25 heavy (non-hydrogen) atoms. The quantitative estimate of drug-likeness (QED) is 0.716. The smallest absolute Gasteiger partial charge is 0.161 e. The van der Waals surface area contributed by atoms with Gasteiger partial charge in [-0.3, -0.25) is 9.59 Å². The van der Waals surface area contributed by atoms with E-state index >= 15 is 0 Å². The van der Waals surface area contributed by atoms with E-state index < -0.39 is 11.0 Å². The normalized spacial score (nSPS) is 52.0. The van der Waals surface area contributed by atoms with Crippen LogP contribution >= 0.6 is 0 Å². The topological polar surface area (TPSA) is 74.6 Å². The van der Waals surface area contributed by atoms with Gasteiger partial charge in [0.05, 0.1) is 6.10 Å². The summed E-state index contributed by atoms with van der Waals surface area (Å²) in [5.41, 5.74) is -0.888. The first kappa shape index (κ1) is 17.4. The molecule has 4 rings (SSSR count). The highest BCUT2D eigenvalue weighted by molar-refractivity contribution is 5.90. The summed E-state index contributed by atoms with van der Waals surface area (Å²) in [5.74, 6) is 0.430. The molecule has 0 amide bonds. The Morgan fingerprint density at radius 3 is 2.64 bits per heavy atom. The summed E-state index contributed by atoms with van der Waals surface area (Å²) in [6.07, 6.45) is 6.71. The van der Waals surface area contributed by atoms with Crippen LogP contribution in [0.15, 0.2) is 11.6 Å². The third-order valence-electron chi connectivity index (χ3n) is 8.50. The summed E-state index contributed by atoms with van der Waals surface area (Å²) < 4.78 is 0. The van der Waals surface area contributed by atoms with Crippen LogP contribution in [-0.4, -0.2) is 33.5 Å². The Balaban J connectivity index is 1.76. The summed E-state index contributed by atoms with van der Waals surface area (Å²) in [4.78, 5) is 25.5. The Morgan fingerprint density at radius 1 is 1.24 bits per heavy atom. The Morgan fingerprint density at radius 2 is 1.96 bits per heavy atom. The van der Waals surface area contributed by atoms with Crippen molar-refractivity contribution in [3.63, 3.8) is 0 Å². The molecule has 7 atom stereocenters. The number of aliphatic hydroxyl groups is 2. The molecule has 0 unspecified atom stereocenters. The number of carbonyl (C=O) groups excluding carboxylic acids is 2. The van der Waals surface area contributed by atoms with E-state index in [1.54, 1.807) is 0 Å². The first-order valence-corrected chi connectivity index (χ1v) is 9.77. The van der Waals surface area contributed by atoms with E-state index in [4.69, 9.17) is 0 Å². The molecule has 4 aliphatic carbocycles. The minimum Gasteiger partial charge on any atom is -0.393 e. The first-order valence-electron chi connectivity index (χ1n) is 9.77. The van der Waals surface area contributed by atoms with E-state index in [0.29, 0.717) is 19.3 Å². The predicted octanol–water partition coefficient (Wildman–Crippen LogP) is 2.81. The van der Waals surface area contributed by atoms with Crippen LogP contribution in [0.1, 0.15) is 65.7 Å². The van der Waals surface area contributed by atoms with Crippen LogP contribution in [-0.2, 0) is 9.59 Å². The van der Waals surface area contributed by atoms with Crippen molar-refractivity contribution in [3.05, 3.63) is 11.6 Å². The molecule has 4 aliphatic rings. The molecular formula is C21H30O4. The van der Waals surface area contributed by atoms with Gasteiger partial charge in [0, 0.05) is 17.8 Å². The van der Waals surface area contributed by atoms with Gasteiger partial charge in [-0.25, -0.2) is 0 Å². The molecular weight excluding hydrogens is 316 g/mol. The number of rotatable bonds is 1. The summed E-state index contributed by atoms with van der Waals surface area (Å²) in [5, 5.41) is 21.2. The van der Waals surface area contributed by atoms with Gasteiger partial charge in [0.1, 0.15) is 11.4 Å². The number of hydrogen-bond acceptors (Lipinski definition) is 4. The van der Waals surface area contributed by atoms with Crippen molar-refractivity contribution in [1.82, 2.24) is 0 Å². The minimum atomic E-state index is -1.36. The molecule has 0 aromatic carbocycles. The fourth-order valence-electron chi connectivity index (χ4n) is 7.05. The standard InChI is InChI=1S/C21H30O4/c1-12(22)21(25)9-7-16-15-5-4-13-10-14(23)6-8-19(13,2)18(15)17(24)11-20(16,21)3/h4,14-16,18,23,25H,5-11H2,1-3H3/t14-,15-,16-,18+,19+,20-,21-/m1/s1. The number of aliphatic hydroxyl groups excluding tert-OH is 1. The van der Waals surface area contributed by atoms with E-state index in [1.165, 1.54) is 12.5 Å². The molecule has 0 radical (unpaired) electrons. The van der Waals surface area contributed by atoms with E-state index in [-0.39, 0.29) is 40.8 Å². The summed E-state index contributed by atoms with van der Waals surface area (Å²) >= 11 is 0. The molecule has 4 heteroatoms. The van der Waals surface area contributed by atoms with Gasteiger partial charge < -0.3 is 10.2 Å². The molecule has 0 spiro atoms. The lowest BCUT2D eigenvalue weighted by atomic mass is 9.46. The number of hydrogen-bond donors (Lipinski definition) is 2. The predicted molar refractivity (Wildman–Crippen MR) is 93.7 cm³/mol. The molecule has 0 aliphatic heterocycles. The SMILES string of the molecule is CC(=O)[C@]1(O)CC[C@@H]2[C@H]3CC=C4C[C@H](O)CC[C@]4(C)[C@@H]3C(=O)C[C@]21C. The van der Waals surface area contributed by atoms with E-state index in [2.05, 4.69) is 13.0 Å². The second kappa shape index (κ2) is 5.26. The summed E-state index contributed by atoms with van der Waals surface area (Å²) in [7, 11) is 0. The van der Waals surface area contributed by atoms with Crippen LogP contribution < -0.4 is 0 Å². The van der Waals surface area contributed by atoms with Crippen molar-refractivity contribution in [2.75, 3.05) is 0 Å². The Bertz CT molecular complexity index is 667. The van der Waals surface area contributed by atoms with E-state index in [0.717, 1.165) is 25.7 Å². The van der Waals surface area contributed by atoms with Crippen LogP contribution in [0.2, 0.25) is 0 Å². The van der Waals surface area contributed by atoms with Crippen LogP contribution in [0.5, 0.6) is 0 Å². The van der Waals surface area contributed by atoms with Crippen LogP contribution in [0.4, 0.5) is 0 Å². The summed E-state index contributed by atoms with van der Waals surface area (Å²) in [6.45, 7) is 5.63. The number of fused-ring (bicyclic) bond motifs is 5. The van der Waals surface area contributed by atoms with Gasteiger partial charge in [0.2, 0.25) is 0 Å². The molecule has 0 saturated heterocycles. The Hall–Kier alpha value is -1.00. The monoisotopic (exact) mass is 346 g/mol. The number of ketones is 2. The lowest BCUT2D eigenvalue weighted by molar-refractivity contribution is -0.166. The van der Waals surface area contributed by atoms with Crippen molar-refractivity contribution >= 4 is 11.6 Å². The van der Waals surface area contributed by atoms with E-state index in [9.17, 15) is 19.8 Å². The molecule has 0 heterocycles. The van der Waals surface area contributed by atoms with Gasteiger partial charge in [0.15, 0.2) is 5.78 Å². The lowest BCUT2D eigenvalue weighted by Gasteiger charge is -2.57. The highest BCUT2D eigenvalue weighted by atomic mass is 16.3. The zero-order chi connectivity index (χ0) is 18.2. The fraction of sp³-hybridized carbons (Fsp3) is 0.810. The second-order valence-corrected chi connectivity index (χ2v) is 9.54. The second-order valence-electron chi connectivity index (χ2n) is 9.54. The lowest BCUT2D eigenvalue weighted by Crippen LogP contribution is -2.60. The van der Waals surface area contributed by atoms with Crippen molar-refractivity contribution in [2.24, 2.45) is 28.6 Å². The van der Waals surface area contributed by atoms with Crippen molar-refractivity contribution in [1.29, 1.82) is 0 Å². The third kappa shape index (κ3) is 2.07. The average Bonchev–Trinajstić information content (AvgIpc) is 2.80. The zero-order valence-electron chi connectivity index (χ0n) is 15.5. The molecule has 0 bridgehead atoms.